The first kappa shape index (κ1) is 46.5. The molecular weight excluding hydrogens is 807 g/mol. The number of nitrogens with one attached hydrogen (secondary N) is 4. The number of carbonyl (C=O) groups is 4. The van der Waals surface area contributed by atoms with Crippen molar-refractivity contribution in [3.8, 4) is 0 Å². The molecule has 0 aliphatic heterocycles. The molecule has 51 heavy (non-hydrogen) atoms. The van der Waals surface area contributed by atoms with E-state index in [1.807, 2.05) is 0 Å². The van der Waals surface area contributed by atoms with E-state index in [1.54, 1.807) is 73.4 Å². The van der Waals surface area contributed by atoms with E-state index >= 15 is 0 Å². The monoisotopic (exact) mass is 845 g/mol. The number of carbonyl (C=O) groups excluding carboxylic acids is 4. The topological polar surface area (TPSA) is 197 Å². The van der Waals surface area contributed by atoms with Gasteiger partial charge in [0.05, 0.1) is 0 Å². The summed E-state index contributed by atoms with van der Waals surface area (Å²) in [6.45, 7) is 2.76. The summed E-state index contributed by atoms with van der Waals surface area (Å²) in [5, 5.41) is 49.4. The average Bonchev–Trinajstić information content (AvgIpc) is 3.07. The summed E-state index contributed by atoms with van der Waals surface area (Å²) in [4.78, 5) is 46.3. The molecule has 3 radical (unpaired) electrons. The van der Waals surface area contributed by atoms with Crippen molar-refractivity contribution in [2.24, 2.45) is 0 Å². The first-order chi connectivity index (χ1) is 23.2. The Balaban J connectivity index is 0.000000926. The van der Waals surface area contributed by atoms with Gasteiger partial charge < -0.3 is 41.7 Å². The van der Waals surface area contributed by atoms with Crippen molar-refractivity contribution >= 4 is 23.1 Å². The van der Waals surface area contributed by atoms with E-state index in [0.717, 1.165) is 25.7 Å². The van der Waals surface area contributed by atoms with Crippen LogP contribution < -0.4 is 21.3 Å². The first-order valence-electron chi connectivity index (χ1n) is 15.4. The van der Waals surface area contributed by atoms with Crippen LogP contribution in [0.2, 0.25) is 0 Å². The van der Waals surface area contributed by atoms with Gasteiger partial charge in [-0.05, 0) is 74.3 Å². The van der Waals surface area contributed by atoms with Crippen LogP contribution in [-0.2, 0) is 70.4 Å². The zero-order chi connectivity index (χ0) is 34.7. The minimum atomic E-state index is -0.388. The van der Waals surface area contributed by atoms with Crippen molar-refractivity contribution in [3.63, 3.8) is 0 Å². The smallest absolute Gasteiger partial charge is 0.228 e. The number of hydrogen-bond acceptors (Lipinski definition) is 12. The Hall–Kier alpha value is -4.48. The Morgan fingerprint density at radius 3 is 0.784 bits per heavy atom. The van der Waals surface area contributed by atoms with E-state index in [-0.39, 0.29) is 97.4 Å². The van der Waals surface area contributed by atoms with Crippen molar-refractivity contribution < 1.29 is 90.8 Å². The molecule has 0 aromatic heterocycles. The van der Waals surface area contributed by atoms with Crippen molar-refractivity contribution in [2.75, 3.05) is 26.2 Å². The van der Waals surface area contributed by atoms with E-state index in [0.29, 0.717) is 48.5 Å². The van der Waals surface area contributed by atoms with Crippen molar-refractivity contribution in [3.05, 3.63) is 143 Å². The second-order valence-electron chi connectivity index (χ2n) is 10.6. The predicted molar refractivity (Wildman–Crippen MR) is 182 cm³/mol. The van der Waals surface area contributed by atoms with Crippen molar-refractivity contribution in [2.45, 2.75) is 25.7 Å². The van der Waals surface area contributed by atoms with Gasteiger partial charge in [-0.25, -0.2) is 0 Å². The maximum atomic E-state index is 11.6. The van der Waals surface area contributed by atoms with Gasteiger partial charge >= 0.3 is 0 Å². The number of rotatable bonds is 14. The molecule has 4 aliphatic rings. The third-order valence-corrected chi connectivity index (χ3v) is 6.91. The summed E-state index contributed by atoms with van der Waals surface area (Å²) < 4.78 is 0. The number of unbranched alkanes of at least 4 members (excludes halogenated alkanes) is 2. The molecule has 0 saturated heterocycles. The van der Waals surface area contributed by atoms with E-state index in [2.05, 4.69) is 21.3 Å². The summed E-state index contributed by atoms with van der Waals surface area (Å²) in [7, 11) is 0. The van der Waals surface area contributed by atoms with Crippen LogP contribution in [0.1, 0.15) is 25.7 Å². The number of aliphatic hydroxyl groups is 4. The fourth-order valence-corrected chi connectivity index (χ4v) is 4.26. The van der Waals surface area contributed by atoms with E-state index < -0.39 is 0 Å². The largest absolute Gasteiger partial charge is 0.504 e. The molecule has 0 aromatic rings. The minimum absolute atomic E-state index is 0. The molecule has 0 saturated carbocycles. The molecule has 0 amide bonds. The molecule has 4 aliphatic carbocycles. The second-order valence-corrected chi connectivity index (χ2v) is 10.6. The van der Waals surface area contributed by atoms with Gasteiger partial charge in [-0.1, -0.05) is 24.3 Å². The SMILES string of the molecule is O=C1C(O)=CC=CC1=CNCCCCNC=C1C=CC=C(O)C1=O.O=C1C(O)=CC=CC1=CNCCCCNC=C1C=CC=C(O)C1=O.[Cu].[Cu].[Cu]. The van der Waals surface area contributed by atoms with E-state index in [9.17, 15) is 39.6 Å². The minimum Gasteiger partial charge on any atom is -0.504 e. The van der Waals surface area contributed by atoms with Gasteiger partial charge in [0.1, 0.15) is 0 Å². The fraction of sp³-hybridized carbons (Fsp3) is 0.222. The maximum Gasteiger partial charge on any atom is 0.228 e. The van der Waals surface area contributed by atoms with Crippen LogP contribution in [0.5, 0.6) is 0 Å². The predicted octanol–water partition coefficient (Wildman–Crippen LogP) is 3.74. The number of Topliss-reactive ketones (excluding diaryl/α,β-unsaturated/α-hetero) is 4. The van der Waals surface area contributed by atoms with Gasteiger partial charge in [-0.15, -0.1) is 0 Å². The number of hydrogen-bond donors (Lipinski definition) is 8. The van der Waals surface area contributed by atoms with Crippen LogP contribution in [0.4, 0.5) is 0 Å². The molecule has 0 unspecified atom stereocenters. The van der Waals surface area contributed by atoms with Crippen molar-refractivity contribution in [1.29, 1.82) is 0 Å². The average molecular weight is 847 g/mol. The number of ketones is 4. The van der Waals surface area contributed by atoms with Crippen LogP contribution in [0.25, 0.3) is 0 Å². The van der Waals surface area contributed by atoms with Gasteiger partial charge in [0.25, 0.3) is 0 Å². The van der Waals surface area contributed by atoms with Gasteiger partial charge in [-0.3, -0.25) is 19.2 Å². The molecule has 0 aromatic carbocycles. The Labute approximate surface area is 328 Å². The molecule has 15 heteroatoms. The summed E-state index contributed by atoms with van der Waals surface area (Å²) in [6, 6.07) is 0. The molecule has 4 rings (SSSR count). The molecule has 0 atom stereocenters. The first-order valence-corrected chi connectivity index (χ1v) is 15.4. The molecule has 8 N–H and O–H groups in total. The Kier molecular flexibility index (Phi) is 23.2. The molecule has 0 fully saturated rings. The standard InChI is InChI=1S/2C18H20N2O4.3Cu/c2*21-15-7-3-5-13(17(15)23)11-19-9-1-2-10-20-12-14-6-4-8-16(22)18(14)24;;;/h2*3-8,11-12,19-22H,1-2,9-10H2;;;. The van der Waals surface area contributed by atoms with Gasteiger partial charge in [0, 0.05) is 124 Å². The fourth-order valence-electron chi connectivity index (χ4n) is 4.26. The van der Waals surface area contributed by atoms with Crippen LogP contribution in [0, 0.1) is 0 Å². The Morgan fingerprint density at radius 1 is 0.392 bits per heavy atom. The molecule has 0 heterocycles. The van der Waals surface area contributed by atoms with Crippen LogP contribution in [0.15, 0.2) is 143 Å². The molecular formula is C36H40Cu3N4O8. The van der Waals surface area contributed by atoms with Gasteiger partial charge in [-0.2, -0.15) is 0 Å². The summed E-state index contributed by atoms with van der Waals surface area (Å²) in [5.74, 6) is -2.57. The van der Waals surface area contributed by atoms with Crippen molar-refractivity contribution in [1.82, 2.24) is 21.3 Å². The summed E-state index contributed by atoms with van der Waals surface area (Å²) in [5.41, 5.74) is 1.70. The third kappa shape index (κ3) is 15.9. The van der Waals surface area contributed by atoms with Crippen LogP contribution in [-0.4, -0.2) is 69.7 Å². The maximum absolute atomic E-state index is 11.6. The second kappa shape index (κ2) is 25.5. The van der Waals surface area contributed by atoms with Crippen LogP contribution in [0.3, 0.4) is 0 Å². The summed E-state index contributed by atoms with van der Waals surface area (Å²) in [6.07, 6.45) is 28.4. The zero-order valence-electron chi connectivity index (χ0n) is 27.2. The number of allylic oxidation sites excluding steroid dienone is 16. The molecule has 12 nitrogen and oxygen atoms in total. The molecule has 285 valence electrons. The third-order valence-electron chi connectivity index (χ3n) is 6.91. The Morgan fingerprint density at radius 2 is 0.588 bits per heavy atom. The molecule has 0 spiro atoms. The van der Waals surface area contributed by atoms with Crippen LogP contribution >= 0.6 is 0 Å². The summed E-state index contributed by atoms with van der Waals surface area (Å²) >= 11 is 0. The quantitative estimate of drug-likeness (QED) is 0.0718. The van der Waals surface area contributed by atoms with E-state index in [1.165, 1.54) is 24.3 Å². The van der Waals surface area contributed by atoms with Gasteiger partial charge in [0.2, 0.25) is 23.1 Å². The normalized spacial score (nSPS) is 19.1. The number of aliphatic hydroxyl groups excluding tert-OH is 4. The zero-order valence-corrected chi connectivity index (χ0v) is 30.0. The molecule has 0 bridgehead atoms. The van der Waals surface area contributed by atoms with E-state index in [4.69, 9.17) is 0 Å². The Bertz CT molecular complexity index is 1400. The van der Waals surface area contributed by atoms with Gasteiger partial charge in [0.15, 0.2) is 23.0 Å².